The Morgan fingerprint density at radius 1 is 1.02 bits per heavy atom. The van der Waals surface area contributed by atoms with Gasteiger partial charge in [-0.2, -0.15) is 10.3 Å². The smallest absolute Gasteiger partial charge is 0.305 e. The van der Waals surface area contributed by atoms with Crippen LogP contribution in [0.3, 0.4) is 0 Å². The second kappa shape index (κ2) is 13.2. The third-order valence-corrected chi connectivity index (χ3v) is 7.26. The van der Waals surface area contributed by atoms with Crippen LogP contribution in [0, 0.1) is 0 Å². The first-order valence-electron chi connectivity index (χ1n) is 13.7. The van der Waals surface area contributed by atoms with Gasteiger partial charge in [0.2, 0.25) is 5.82 Å². The highest BCUT2D eigenvalue weighted by Crippen LogP contribution is 2.30. The normalized spacial score (nSPS) is 11.8. The Labute approximate surface area is 247 Å². The van der Waals surface area contributed by atoms with Crippen LogP contribution < -0.4 is 5.32 Å². The van der Waals surface area contributed by atoms with E-state index in [9.17, 15) is 14.7 Å². The average molecular weight is 584 g/mol. The van der Waals surface area contributed by atoms with Crippen molar-refractivity contribution in [1.29, 1.82) is 0 Å². The number of aromatic amines is 1. The summed E-state index contributed by atoms with van der Waals surface area (Å²) in [6.07, 6.45) is 1.69. The highest BCUT2D eigenvalue weighted by molar-refractivity contribution is 6.31. The average Bonchev–Trinajstić information content (AvgIpc) is 3.66. The van der Waals surface area contributed by atoms with Crippen LogP contribution in [0.25, 0.3) is 22.5 Å². The molecule has 0 aliphatic carbocycles. The Balaban J connectivity index is 1.33. The summed E-state index contributed by atoms with van der Waals surface area (Å²) in [5, 5.41) is 31.9. The Bertz CT molecular complexity index is 1670. The number of aryl methyl sites for hydroxylation is 1. The van der Waals surface area contributed by atoms with Crippen LogP contribution in [0.15, 0.2) is 78.9 Å². The molecule has 42 heavy (non-hydrogen) atoms. The number of benzene rings is 3. The number of carbonyl (C=O) groups is 2. The predicted molar refractivity (Wildman–Crippen MR) is 159 cm³/mol. The van der Waals surface area contributed by atoms with E-state index in [4.69, 9.17) is 11.6 Å². The molecule has 0 saturated carbocycles. The number of nitrogens with zero attached hydrogens (tertiary/aromatic N) is 5. The lowest BCUT2D eigenvalue weighted by Crippen LogP contribution is -2.38. The summed E-state index contributed by atoms with van der Waals surface area (Å²) in [6, 6.07) is 24.4. The van der Waals surface area contributed by atoms with Crippen LogP contribution in [0.5, 0.6) is 0 Å². The van der Waals surface area contributed by atoms with Crippen LogP contribution in [-0.2, 0) is 24.2 Å². The summed E-state index contributed by atoms with van der Waals surface area (Å²) in [5.41, 5.74) is 5.84. The summed E-state index contributed by atoms with van der Waals surface area (Å²) in [7, 11) is 0. The molecular formula is C31H30ClN7O3. The van der Waals surface area contributed by atoms with Gasteiger partial charge in [0, 0.05) is 22.3 Å². The number of carbonyl (C=O) groups excluding carboxylic acids is 1. The standard InChI is InChI=1S/C31H30ClN7O3/c1-2-7-24-18-28(31(42)33-23(17-29(40)41)16-22-8-3-6-11-27(22)32)36-39(24)19-20-12-14-21(15-13-20)25-9-4-5-10-26(25)30-34-37-38-35-30/h3-6,8-15,18,23H,2,7,16-17,19H2,1H3,(H,33,42)(H,40,41)(H,34,35,37,38). The van der Waals surface area contributed by atoms with Crippen LogP contribution in [-0.4, -0.2) is 53.4 Å². The van der Waals surface area contributed by atoms with Gasteiger partial charge < -0.3 is 10.4 Å². The zero-order chi connectivity index (χ0) is 29.5. The third-order valence-electron chi connectivity index (χ3n) is 6.89. The van der Waals surface area contributed by atoms with Crippen molar-refractivity contribution in [3.05, 3.63) is 106 Å². The van der Waals surface area contributed by atoms with E-state index in [1.165, 1.54) is 0 Å². The van der Waals surface area contributed by atoms with Gasteiger partial charge in [-0.05, 0) is 52.4 Å². The number of halogens is 1. The number of hydrogen-bond donors (Lipinski definition) is 3. The molecule has 5 rings (SSSR count). The van der Waals surface area contributed by atoms with Crippen molar-refractivity contribution in [2.45, 2.75) is 45.2 Å². The number of H-pyrrole nitrogens is 1. The maximum Gasteiger partial charge on any atom is 0.305 e. The van der Waals surface area contributed by atoms with Crippen molar-refractivity contribution in [2.75, 3.05) is 0 Å². The molecule has 5 aromatic rings. The Morgan fingerprint density at radius 3 is 2.45 bits per heavy atom. The first-order valence-corrected chi connectivity index (χ1v) is 14.0. The van der Waals surface area contributed by atoms with Gasteiger partial charge in [-0.15, -0.1) is 10.2 Å². The van der Waals surface area contributed by atoms with Gasteiger partial charge in [-0.1, -0.05) is 91.7 Å². The zero-order valence-electron chi connectivity index (χ0n) is 23.0. The highest BCUT2D eigenvalue weighted by atomic mass is 35.5. The number of aromatic nitrogens is 6. The van der Waals surface area contributed by atoms with E-state index in [1.807, 2.05) is 65.3 Å². The van der Waals surface area contributed by atoms with E-state index in [0.29, 0.717) is 23.8 Å². The molecule has 214 valence electrons. The minimum atomic E-state index is -1.01. The van der Waals surface area contributed by atoms with Crippen LogP contribution in [0.1, 0.15) is 47.1 Å². The predicted octanol–water partition coefficient (Wildman–Crippen LogP) is 5.20. The molecule has 0 radical (unpaired) electrons. The number of hydrogen-bond acceptors (Lipinski definition) is 6. The van der Waals surface area contributed by atoms with Crippen molar-refractivity contribution in [2.24, 2.45) is 0 Å². The molecule has 1 atom stereocenters. The lowest BCUT2D eigenvalue weighted by Gasteiger charge is -2.17. The number of carboxylic acids is 1. The Kier molecular flexibility index (Phi) is 9.03. The molecule has 0 fully saturated rings. The molecule has 2 aromatic heterocycles. The maximum atomic E-state index is 13.2. The van der Waals surface area contributed by atoms with Crippen molar-refractivity contribution < 1.29 is 14.7 Å². The summed E-state index contributed by atoms with van der Waals surface area (Å²) >= 11 is 6.28. The molecule has 3 N–H and O–H groups in total. The van der Waals surface area contributed by atoms with Crippen molar-refractivity contribution >= 4 is 23.5 Å². The molecule has 2 heterocycles. The molecule has 10 nitrogen and oxygen atoms in total. The molecule has 1 amide bonds. The third kappa shape index (κ3) is 6.90. The molecule has 0 aliphatic rings. The number of rotatable bonds is 12. The van der Waals surface area contributed by atoms with Gasteiger partial charge in [0.1, 0.15) is 5.69 Å². The minimum Gasteiger partial charge on any atom is -0.481 e. The number of carboxylic acid groups (broad SMARTS) is 1. The molecular weight excluding hydrogens is 554 g/mol. The van der Waals surface area contributed by atoms with Gasteiger partial charge in [0.15, 0.2) is 0 Å². The second-order valence-electron chi connectivity index (χ2n) is 9.97. The Morgan fingerprint density at radius 2 is 1.76 bits per heavy atom. The molecule has 11 heteroatoms. The Hall–Kier alpha value is -4.83. The lowest BCUT2D eigenvalue weighted by atomic mass is 9.98. The summed E-state index contributed by atoms with van der Waals surface area (Å²) in [4.78, 5) is 24.8. The molecule has 0 bridgehead atoms. The van der Waals surface area contributed by atoms with Crippen LogP contribution >= 0.6 is 11.6 Å². The van der Waals surface area contributed by atoms with E-state index in [1.54, 1.807) is 18.2 Å². The summed E-state index contributed by atoms with van der Waals surface area (Å²) < 4.78 is 1.83. The number of nitrogens with one attached hydrogen (secondary N) is 2. The topological polar surface area (TPSA) is 139 Å². The van der Waals surface area contributed by atoms with E-state index >= 15 is 0 Å². The van der Waals surface area contributed by atoms with E-state index in [0.717, 1.165) is 46.4 Å². The SMILES string of the molecule is CCCc1cc(C(=O)NC(CC(=O)O)Cc2ccccc2Cl)nn1Cc1ccc(-c2ccccc2-c2nn[nH]n2)cc1. The summed E-state index contributed by atoms with van der Waals surface area (Å²) in [5.74, 6) is -0.899. The maximum absolute atomic E-state index is 13.2. The molecule has 3 aromatic carbocycles. The fourth-order valence-electron chi connectivity index (χ4n) is 4.90. The first-order chi connectivity index (χ1) is 20.4. The van der Waals surface area contributed by atoms with Crippen molar-refractivity contribution in [1.82, 2.24) is 35.7 Å². The highest BCUT2D eigenvalue weighted by Gasteiger charge is 2.21. The monoisotopic (exact) mass is 583 g/mol. The fourth-order valence-corrected chi connectivity index (χ4v) is 5.12. The van der Waals surface area contributed by atoms with E-state index in [-0.39, 0.29) is 12.1 Å². The van der Waals surface area contributed by atoms with Gasteiger partial charge in [0.25, 0.3) is 5.91 Å². The molecule has 0 saturated heterocycles. The first kappa shape index (κ1) is 28.7. The molecule has 0 aliphatic heterocycles. The van der Waals surface area contributed by atoms with E-state index < -0.39 is 17.9 Å². The second-order valence-corrected chi connectivity index (χ2v) is 10.4. The minimum absolute atomic E-state index is 0.234. The quantitative estimate of drug-likeness (QED) is 0.183. The summed E-state index contributed by atoms with van der Waals surface area (Å²) in [6.45, 7) is 2.55. The van der Waals surface area contributed by atoms with Crippen LogP contribution in [0.4, 0.5) is 0 Å². The largest absolute Gasteiger partial charge is 0.481 e. The van der Waals surface area contributed by atoms with Crippen LogP contribution in [0.2, 0.25) is 5.02 Å². The number of tetrazole rings is 1. The molecule has 0 spiro atoms. The van der Waals surface area contributed by atoms with Crippen molar-refractivity contribution in [3.8, 4) is 22.5 Å². The fraction of sp³-hybridized carbons (Fsp3) is 0.226. The van der Waals surface area contributed by atoms with Gasteiger partial charge in [0.05, 0.1) is 13.0 Å². The lowest BCUT2D eigenvalue weighted by molar-refractivity contribution is -0.137. The zero-order valence-corrected chi connectivity index (χ0v) is 23.8. The number of aliphatic carboxylic acids is 1. The van der Waals surface area contributed by atoms with Gasteiger partial charge in [-0.3, -0.25) is 14.3 Å². The van der Waals surface area contributed by atoms with E-state index in [2.05, 4.69) is 38.0 Å². The van der Waals surface area contributed by atoms with Gasteiger partial charge >= 0.3 is 5.97 Å². The van der Waals surface area contributed by atoms with Crippen molar-refractivity contribution in [3.63, 3.8) is 0 Å². The molecule has 1 unspecified atom stereocenters. The van der Waals surface area contributed by atoms with Gasteiger partial charge in [-0.25, -0.2) is 0 Å². The number of amides is 1.